The average Bonchev–Trinajstić information content (AvgIpc) is 2.80. The molecule has 5 rings (SSSR count). The number of piperazine rings is 1. The lowest BCUT2D eigenvalue weighted by atomic mass is 10.0. The molecule has 0 bridgehead atoms. The van der Waals surface area contributed by atoms with E-state index in [0.717, 1.165) is 80.1 Å². The van der Waals surface area contributed by atoms with Gasteiger partial charge < -0.3 is 15.2 Å². The van der Waals surface area contributed by atoms with Gasteiger partial charge in [0.15, 0.2) is 5.69 Å². The lowest BCUT2D eigenvalue weighted by Crippen LogP contribution is -2.46. The standard InChI is InChI=1S/C22H23N7O/c23-11-16-12-26-20(13-25-16)29-8-6-28(7-9-29)14-15-3-4-17-19(10-15)27-22(30)18-2-1-5-24-21(17)18/h3-4,10,12-13,24H,1-2,5-9,14H2,(H,27,30). The van der Waals surface area contributed by atoms with Gasteiger partial charge in [-0.25, -0.2) is 9.97 Å². The smallest absolute Gasteiger partial charge is 0.253 e. The number of nitrogens with one attached hydrogen (secondary N) is 2. The SMILES string of the molecule is N#Cc1cnc(N2CCN(Cc3ccc4c5c(c(=O)[nH]c4c3)CCCN5)CC2)cn1. The van der Waals surface area contributed by atoms with E-state index >= 15 is 0 Å². The highest BCUT2D eigenvalue weighted by atomic mass is 16.1. The van der Waals surface area contributed by atoms with Crippen molar-refractivity contribution in [2.24, 2.45) is 0 Å². The number of hydrogen-bond donors (Lipinski definition) is 2. The van der Waals surface area contributed by atoms with E-state index in [9.17, 15) is 4.79 Å². The molecule has 0 amide bonds. The monoisotopic (exact) mass is 401 g/mol. The van der Waals surface area contributed by atoms with E-state index in [0.29, 0.717) is 5.69 Å². The van der Waals surface area contributed by atoms with Crippen molar-refractivity contribution in [1.82, 2.24) is 19.9 Å². The predicted octanol–water partition coefficient (Wildman–Crippen LogP) is 1.87. The minimum atomic E-state index is 0.0268. The zero-order valence-electron chi connectivity index (χ0n) is 16.7. The van der Waals surface area contributed by atoms with Gasteiger partial charge in [0, 0.05) is 50.2 Å². The summed E-state index contributed by atoms with van der Waals surface area (Å²) >= 11 is 0. The van der Waals surface area contributed by atoms with E-state index < -0.39 is 0 Å². The van der Waals surface area contributed by atoms with E-state index in [1.165, 1.54) is 11.8 Å². The molecule has 152 valence electrons. The number of fused-ring (bicyclic) bond motifs is 3. The summed E-state index contributed by atoms with van der Waals surface area (Å²) < 4.78 is 0. The lowest BCUT2D eigenvalue weighted by molar-refractivity contribution is 0.249. The second-order valence-corrected chi connectivity index (χ2v) is 7.85. The van der Waals surface area contributed by atoms with Crippen molar-refractivity contribution in [3.63, 3.8) is 0 Å². The van der Waals surface area contributed by atoms with Crippen LogP contribution in [0.3, 0.4) is 0 Å². The first-order valence-corrected chi connectivity index (χ1v) is 10.3. The van der Waals surface area contributed by atoms with Crippen molar-refractivity contribution in [2.75, 3.05) is 42.9 Å². The molecule has 1 fully saturated rings. The number of pyridine rings is 1. The third-order valence-corrected chi connectivity index (χ3v) is 5.94. The first-order valence-electron chi connectivity index (χ1n) is 10.3. The van der Waals surface area contributed by atoms with Crippen LogP contribution in [0.2, 0.25) is 0 Å². The van der Waals surface area contributed by atoms with Crippen LogP contribution < -0.4 is 15.8 Å². The number of nitrogens with zero attached hydrogens (tertiary/aromatic N) is 5. The Morgan fingerprint density at radius 3 is 2.77 bits per heavy atom. The topological polar surface area (TPSA) is 101 Å². The van der Waals surface area contributed by atoms with E-state index in [1.54, 1.807) is 6.20 Å². The predicted molar refractivity (Wildman–Crippen MR) is 116 cm³/mol. The Labute approximate surface area is 174 Å². The van der Waals surface area contributed by atoms with E-state index in [-0.39, 0.29) is 5.56 Å². The number of H-pyrrole nitrogens is 1. The summed E-state index contributed by atoms with van der Waals surface area (Å²) in [4.78, 5) is 28.6. The normalized spacial score (nSPS) is 16.7. The van der Waals surface area contributed by atoms with Gasteiger partial charge >= 0.3 is 0 Å². The van der Waals surface area contributed by atoms with Crippen LogP contribution >= 0.6 is 0 Å². The maximum Gasteiger partial charge on any atom is 0.253 e. The van der Waals surface area contributed by atoms with Crippen LogP contribution in [0.1, 0.15) is 23.2 Å². The van der Waals surface area contributed by atoms with Crippen LogP contribution in [0.15, 0.2) is 35.4 Å². The van der Waals surface area contributed by atoms with Crippen molar-refractivity contribution in [2.45, 2.75) is 19.4 Å². The Morgan fingerprint density at radius 2 is 2.00 bits per heavy atom. The highest BCUT2D eigenvalue weighted by Crippen LogP contribution is 2.28. The molecule has 2 aliphatic heterocycles. The van der Waals surface area contributed by atoms with Gasteiger partial charge in [0.2, 0.25) is 0 Å². The second-order valence-electron chi connectivity index (χ2n) is 7.85. The van der Waals surface area contributed by atoms with Gasteiger partial charge in [0.1, 0.15) is 11.9 Å². The van der Waals surface area contributed by atoms with Crippen LogP contribution in [-0.2, 0) is 13.0 Å². The first kappa shape index (κ1) is 18.6. The molecule has 1 saturated heterocycles. The summed E-state index contributed by atoms with van der Waals surface area (Å²) in [6.45, 7) is 5.32. The molecule has 0 aliphatic carbocycles. The lowest BCUT2D eigenvalue weighted by Gasteiger charge is -2.35. The second kappa shape index (κ2) is 7.76. The summed E-state index contributed by atoms with van der Waals surface area (Å²) in [6, 6.07) is 8.39. The van der Waals surface area contributed by atoms with E-state index in [1.807, 2.05) is 6.07 Å². The van der Waals surface area contributed by atoms with Gasteiger partial charge in [0.25, 0.3) is 5.56 Å². The first-order chi connectivity index (χ1) is 14.7. The molecule has 0 unspecified atom stereocenters. The Hall–Kier alpha value is -3.44. The molecule has 1 aromatic carbocycles. The molecule has 8 nitrogen and oxygen atoms in total. The fraction of sp³-hybridized carbons (Fsp3) is 0.364. The molecule has 0 radical (unpaired) electrons. The van der Waals surface area contributed by atoms with E-state index in [4.69, 9.17) is 5.26 Å². The summed E-state index contributed by atoms with van der Waals surface area (Å²) in [5, 5.41) is 13.4. The number of aromatic nitrogens is 3. The van der Waals surface area contributed by atoms with Crippen LogP contribution in [-0.4, -0.2) is 52.6 Å². The number of hydrogen-bond acceptors (Lipinski definition) is 7. The summed E-state index contributed by atoms with van der Waals surface area (Å²) in [6.07, 6.45) is 5.02. The van der Waals surface area contributed by atoms with Crippen molar-refractivity contribution >= 4 is 22.4 Å². The molecule has 0 saturated carbocycles. The Kier molecular flexibility index (Phi) is 4.81. The molecule has 2 N–H and O–H groups in total. The molecule has 4 heterocycles. The number of rotatable bonds is 3. The van der Waals surface area contributed by atoms with Crippen LogP contribution in [0.25, 0.3) is 10.9 Å². The minimum absolute atomic E-state index is 0.0268. The quantitative estimate of drug-likeness (QED) is 0.691. The Bertz CT molecular complexity index is 1170. The molecule has 2 aliphatic rings. The third-order valence-electron chi connectivity index (χ3n) is 5.94. The molecule has 0 atom stereocenters. The number of benzene rings is 1. The number of nitriles is 1. The minimum Gasteiger partial charge on any atom is -0.384 e. The van der Waals surface area contributed by atoms with Gasteiger partial charge in [-0.05, 0) is 24.5 Å². The third kappa shape index (κ3) is 3.48. The maximum absolute atomic E-state index is 12.4. The van der Waals surface area contributed by atoms with Gasteiger partial charge in [-0.1, -0.05) is 12.1 Å². The maximum atomic E-state index is 12.4. The molecule has 2 aromatic heterocycles. The van der Waals surface area contributed by atoms with Crippen molar-refractivity contribution in [1.29, 1.82) is 5.26 Å². The highest BCUT2D eigenvalue weighted by molar-refractivity contribution is 5.93. The summed E-state index contributed by atoms with van der Waals surface area (Å²) in [7, 11) is 0. The molecule has 0 spiro atoms. The Morgan fingerprint density at radius 1 is 1.13 bits per heavy atom. The largest absolute Gasteiger partial charge is 0.384 e. The van der Waals surface area contributed by atoms with Crippen LogP contribution in [0.5, 0.6) is 0 Å². The van der Waals surface area contributed by atoms with Gasteiger partial charge in [0.05, 0.1) is 23.6 Å². The average molecular weight is 401 g/mol. The fourth-order valence-electron chi connectivity index (χ4n) is 4.34. The molecule has 30 heavy (non-hydrogen) atoms. The molecular formula is C22H23N7O. The van der Waals surface area contributed by atoms with Crippen molar-refractivity contribution in [3.8, 4) is 6.07 Å². The van der Waals surface area contributed by atoms with Gasteiger partial charge in [-0.2, -0.15) is 5.26 Å². The summed E-state index contributed by atoms with van der Waals surface area (Å²) in [5.41, 5.74) is 4.34. The molecular weight excluding hydrogens is 378 g/mol. The highest BCUT2D eigenvalue weighted by Gasteiger charge is 2.20. The fourth-order valence-corrected chi connectivity index (χ4v) is 4.34. The number of aromatic amines is 1. The van der Waals surface area contributed by atoms with E-state index in [2.05, 4.69) is 48.3 Å². The zero-order valence-corrected chi connectivity index (χ0v) is 16.7. The Balaban J connectivity index is 1.28. The van der Waals surface area contributed by atoms with Gasteiger partial charge in [-0.3, -0.25) is 9.69 Å². The van der Waals surface area contributed by atoms with Crippen molar-refractivity contribution < 1.29 is 0 Å². The van der Waals surface area contributed by atoms with Gasteiger partial charge in [-0.15, -0.1) is 0 Å². The molecule has 3 aromatic rings. The molecule has 8 heteroatoms. The van der Waals surface area contributed by atoms with Crippen molar-refractivity contribution in [3.05, 3.63) is 57.8 Å². The zero-order chi connectivity index (χ0) is 20.5. The summed E-state index contributed by atoms with van der Waals surface area (Å²) in [5.74, 6) is 0.814. The van der Waals surface area contributed by atoms with Crippen LogP contribution in [0.4, 0.5) is 11.5 Å². The number of anilines is 2. The van der Waals surface area contributed by atoms with Crippen LogP contribution in [0, 0.1) is 11.3 Å².